The van der Waals surface area contributed by atoms with Crippen LogP contribution >= 0.6 is 0 Å². The van der Waals surface area contributed by atoms with Crippen LogP contribution in [0.4, 0.5) is 8.78 Å². The van der Waals surface area contributed by atoms with E-state index in [1.165, 1.54) is 0 Å². The molecule has 1 rings (SSSR count). The first kappa shape index (κ1) is 12.3. The topological polar surface area (TPSA) is 66.6 Å². The van der Waals surface area contributed by atoms with E-state index in [-0.39, 0.29) is 25.6 Å². The number of nitrogens with zero attached hydrogens (tertiary/aromatic N) is 1. The molecule has 0 heterocycles. The van der Waals surface area contributed by atoms with Crippen molar-refractivity contribution in [2.75, 3.05) is 26.2 Å². The van der Waals surface area contributed by atoms with E-state index in [0.29, 0.717) is 12.8 Å². The van der Waals surface area contributed by atoms with Gasteiger partial charge in [-0.15, -0.1) is 0 Å². The molecule has 4 nitrogen and oxygen atoms in total. The zero-order valence-corrected chi connectivity index (χ0v) is 8.46. The van der Waals surface area contributed by atoms with E-state index in [0.717, 1.165) is 4.90 Å². The van der Waals surface area contributed by atoms with Crippen molar-refractivity contribution in [2.45, 2.75) is 19.3 Å². The van der Waals surface area contributed by atoms with E-state index < -0.39 is 18.4 Å². The fourth-order valence-electron chi connectivity index (χ4n) is 1.55. The Labute approximate surface area is 87.0 Å². The third-order valence-corrected chi connectivity index (χ3v) is 2.71. The molecule has 0 spiro atoms. The van der Waals surface area contributed by atoms with E-state index in [4.69, 9.17) is 10.8 Å². The van der Waals surface area contributed by atoms with Gasteiger partial charge < -0.3 is 15.7 Å². The number of aliphatic hydroxyl groups is 1. The van der Waals surface area contributed by atoms with Crippen LogP contribution < -0.4 is 5.73 Å². The molecule has 0 aromatic carbocycles. The van der Waals surface area contributed by atoms with Crippen molar-refractivity contribution in [2.24, 2.45) is 11.1 Å². The van der Waals surface area contributed by atoms with Gasteiger partial charge in [0.05, 0.1) is 18.6 Å². The second kappa shape index (κ2) is 4.85. The summed E-state index contributed by atoms with van der Waals surface area (Å²) in [6.07, 6.45) is -1.25. The predicted octanol–water partition coefficient (Wildman–Crippen LogP) is -0.189. The van der Waals surface area contributed by atoms with E-state index in [9.17, 15) is 13.6 Å². The number of carbonyl (C=O) groups excluding carboxylic acids is 1. The number of rotatable bonds is 6. The molecule has 15 heavy (non-hydrogen) atoms. The van der Waals surface area contributed by atoms with Gasteiger partial charge in [-0.1, -0.05) is 0 Å². The predicted molar refractivity (Wildman–Crippen MR) is 50.4 cm³/mol. The number of alkyl halides is 2. The maximum Gasteiger partial charge on any atom is 0.255 e. The van der Waals surface area contributed by atoms with Gasteiger partial charge >= 0.3 is 0 Å². The van der Waals surface area contributed by atoms with Crippen molar-refractivity contribution in [3.8, 4) is 0 Å². The second-order valence-electron chi connectivity index (χ2n) is 3.85. The Morgan fingerprint density at radius 1 is 1.53 bits per heavy atom. The number of hydrogen-bond acceptors (Lipinski definition) is 3. The molecule has 0 bridgehead atoms. The van der Waals surface area contributed by atoms with Crippen LogP contribution in [0, 0.1) is 5.41 Å². The molecule has 0 atom stereocenters. The minimum absolute atomic E-state index is 0.0507. The minimum atomic E-state index is -2.57. The third kappa shape index (κ3) is 2.85. The van der Waals surface area contributed by atoms with Gasteiger partial charge in [0.15, 0.2) is 0 Å². The smallest absolute Gasteiger partial charge is 0.255 e. The van der Waals surface area contributed by atoms with Crippen LogP contribution in [-0.4, -0.2) is 48.6 Å². The highest BCUT2D eigenvalue weighted by Crippen LogP contribution is 2.46. The molecule has 1 aliphatic rings. The zero-order valence-electron chi connectivity index (χ0n) is 8.46. The fraction of sp³-hybridized carbons (Fsp3) is 0.889. The van der Waals surface area contributed by atoms with Crippen molar-refractivity contribution in [3.05, 3.63) is 0 Å². The molecule has 88 valence electrons. The third-order valence-electron chi connectivity index (χ3n) is 2.71. The van der Waals surface area contributed by atoms with E-state index in [2.05, 4.69) is 0 Å². The van der Waals surface area contributed by atoms with Crippen LogP contribution in [0.15, 0.2) is 0 Å². The first-order valence-electron chi connectivity index (χ1n) is 4.94. The molecular weight excluding hydrogens is 206 g/mol. The Balaban J connectivity index is 2.58. The highest BCUT2D eigenvalue weighted by Gasteiger charge is 2.50. The lowest BCUT2D eigenvalue weighted by molar-refractivity contribution is -0.139. The maximum absolute atomic E-state index is 12.2. The number of aliphatic hydroxyl groups excluding tert-OH is 1. The average Bonchev–Trinajstić information content (AvgIpc) is 2.96. The monoisotopic (exact) mass is 222 g/mol. The minimum Gasteiger partial charge on any atom is -0.395 e. The first-order valence-corrected chi connectivity index (χ1v) is 4.94. The molecule has 1 saturated carbocycles. The molecule has 1 amide bonds. The zero-order chi connectivity index (χ0) is 11.5. The van der Waals surface area contributed by atoms with Gasteiger partial charge in [0.25, 0.3) is 6.43 Å². The molecule has 0 saturated heterocycles. The molecule has 1 fully saturated rings. The molecule has 0 aromatic rings. The lowest BCUT2D eigenvalue weighted by atomic mass is 10.1. The molecule has 6 heteroatoms. The summed E-state index contributed by atoms with van der Waals surface area (Å²) in [4.78, 5) is 12.8. The van der Waals surface area contributed by atoms with Gasteiger partial charge in [0.1, 0.15) is 0 Å². The SMILES string of the molecule is NCC1(C(=O)N(CCO)CC(F)F)CC1. The molecule has 0 aromatic heterocycles. The largest absolute Gasteiger partial charge is 0.395 e. The molecule has 0 unspecified atom stereocenters. The highest BCUT2D eigenvalue weighted by atomic mass is 19.3. The van der Waals surface area contributed by atoms with Crippen LogP contribution in [0.3, 0.4) is 0 Å². The van der Waals surface area contributed by atoms with Gasteiger partial charge in [-0.2, -0.15) is 0 Å². The van der Waals surface area contributed by atoms with Gasteiger partial charge in [-0.25, -0.2) is 8.78 Å². The van der Waals surface area contributed by atoms with E-state index in [1.54, 1.807) is 0 Å². The molecular formula is C9H16F2N2O2. The maximum atomic E-state index is 12.2. The number of hydrogen-bond donors (Lipinski definition) is 2. The fourth-order valence-corrected chi connectivity index (χ4v) is 1.55. The first-order chi connectivity index (χ1) is 7.05. The summed E-state index contributed by atoms with van der Waals surface area (Å²) >= 11 is 0. The van der Waals surface area contributed by atoms with Crippen molar-refractivity contribution >= 4 is 5.91 Å². The van der Waals surface area contributed by atoms with Crippen LogP contribution in [0.5, 0.6) is 0 Å². The molecule has 0 aliphatic heterocycles. The summed E-state index contributed by atoms with van der Waals surface area (Å²) in [5.74, 6) is -0.348. The number of amides is 1. The van der Waals surface area contributed by atoms with Crippen LogP contribution in [-0.2, 0) is 4.79 Å². The quantitative estimate of drug-likeness (QED) is 0.654. The summed E-state index contributed by atoms with van der Waals surface area (Å²) in [5, 5.41) is 8.69. The van der Waals surface area contributed by atoms with Crippen molar-refractivity contribution in [1.29, 1.82) is 0 Å². The standard InChI is InChI=1S/C9H16F2N2O2/c10-7(11)5-13(3-4-14)8(15)9(6-12)1-2-9/h7,14H,1-6,12H2. The Kier molecular flexibility index (Phi) is 3.98. The Morgan fingerprint density at radius 3 is 2.47 bits per heavy atom. The summed E-state index contributed by atoms with van der Waals surface area (Å²) in [7, 11) is 0. The number of nitrogens with two attached hydrogens (primary N) is 1. The lowest BCUT2D eigenvalue weighted by Crippen LogP contribution is -2.44. The van der Waals surface area contributed by atoms with E-state index in [1.807, 2.05) is 0 Å². The van der Waals surface area contributed by atoms with Crippen LogP contribution in [0.2, 0.25) is 0 Å². The van der Waals surface area contributed by atoms with Crippen LogP contribution in [0.1, 0.15) is 12.8 Å². The van der Waals surface area contributed by atoms with Crippen molar-refractivity contribution in [3.63, 3.8) is 0 Å². The summed E-state index contributed by atoms with van der Waals surface area (Å²) in [6, 6.07) is 0. The summed E-state index contributed by atoms with van der Waals surface area (Å²) < 4.78 is 24.3. The average molecular weight is 222 g/mol. The Bertz CT molecular complexity index is 232. The van der Waals surface area contributed by atoms with Gasteiger partial charge in [0.2, 0.25) is 5.91 Å². The van der Waals surface area contributed by atoms with Gasteiger partial charge in [-0.3, -0.25) is 4.79 Å². The van der Waals surface area contributed by atoms with Crippen molar-refractivity contribution in [1.82, 2.24) is 4.90 Å². The Hall–Kier alpha value is -0.750. The molecule has 1 aliphatic carbocycles. The lowest BCUT2D eigenvalue weighted by Gasteiger charge is -2.25. The van der Waals surface area contributed by atoms with Crippen LogP contribution in [0.25, 0.3) is 0 Å². The number of halogens is 2. The van der Waals surface area contributed by atoms with Gasteiger partial charge in [0, 0.05) is 13.1 Å². The summed E-state index contributed by atoms with van der Waals surface area (Å²) in [6.45, 7) is -0.790. The van der Waals surface area contributed by atoms with E-state index >= 15 is 0 Å². The number of carbonyl (C=O) groups is 1. The van der Waals surface area contributed by atoms with Crippen molar-refractivity contribution < 1.29 is 18.7 Å². The molecule has 3 N–H and O–H groups in total. The Morgan fingerprint density at radius 2 is 2.13 bits per heavy atom. The second-order valence-corrected chi connectivity index (χ2v) is 3.85. The normalized spacial score (nSPS) is 17.9. The highest BCUT2D eigenvalue weighted by molar-refractivity contribution is 5.85. The molecule has 0 radical (unpaired) electrons. The summed E-state index contributed by atoms with van der Waals surface area (Å²) in [5.41, 5.74) is 4.82. The van der Waals surface area contributed by atoms with Gasteiger partial charge in [-0.05, 0) is 12.8 Å².